The normalized spacial score (nSPS) is 19.9. The van der Waals surface area contributed by atoms with Gasteiger partial charge in [0.25, 0.3) is 0 Å². The van der Waals surface area contributed by atoms with Crippen LogP contribution in [0.1, 0.15) is 11.4 Å². The first-order valence-electron chi connectivity index (χ1n) is 9.79. The summed E-state index contributed by atoms with van der Waals surface area (Å²) < 4.78 is 2.21. The first-order chi connectivity index (χ1) is 14.1. The Kier molecular flexibility index (Phi) is 3.64. The zero-order chi connectivity index (χ0) is 19.6. The molecule has 2 saturated heterocycles. The van der Waals surface area contributed by atoms with Crippen LogP contribution in [0, 0.1) is 5.41 Å². The zero-order valence-electron chi connectivity index (χ0n) is 16.2. The molecule has 0 radical (unpaired) electrons. The molecule has 5 heterocycles. The van der Waals surface area contributed by atoms with Gasteiger partial charge in [0, 0.05) is 55.6 Å². The molecular formula is C20H21ClN8. The van der Waals surface area contributed by atoms with Crippen molar-refractivity contribution < 1.29 is 0 Å². The van der Waals surface area contributed by atoms with E-state index in [0.717, 1.165) is 67.7 Å². The highest BCUT2D eigenvalue weighted by atomic mass is 35.5. The highest BCUT2D eigenvalue weighted by Gasteiger charge is 2.53. The largest absolute Gasteiger partial charge is 0.339 e. The smallest absolute Gasteiger partial charge is 0.231 e. The molecule has 2 aromatic heterocycles. The molecule has 3 aliphatic heterocycles. The van der Waals surface area contributed by atoms with Crippen LogP contribution >= 0.6 is 11.6 Å². The number of rotatable bonds is 2. The SMILES string of the molecule is CN1Cc2cc(Cl)ccc2-n2c(nnc2N2CC3(CN(c4ncccn4)C3)C2)C1. The van der Waals surface area contributed by atoms with Crippen molar-refractivity contribution in [2.24, 2.45) is 5.41 Å². The van der Waals surface area contributed by atoms with Gasteiger partial charge in [0.05, 0.1) is 12.2 Å². The molecule has 6 rings (SSSR count). The van der Waals surface area contributed by atoms with Gasteiger partial charge in [-0.05, 0) is 36.9 Å². The van der Waals surface area contributed by atoms with E-state index < -0.39 is 0 Å². The Balaban J connectivity index is 1.25. The summed E-state index contributed by atoms with van der Waals surface area (Å²) in [4.78, 5) is 15.5. The van der Waals surface area contributed by atoms with E-state index in [1.807, 2.05) is 18.2 Å². The third-order valence-electron chi connectivity index (χ3n) is 6.07. The van der Waals surface area contributed by atoms with Gasteiger partial charge in [-0.2, -0.15) is 0 Å². The maximum Gasteiger partial charge on any atom is 0.231 e. The number of anilines is 2. The summed E-state index contributed by atoms with van der Waals surface area (Å²) in [5, 5.41) is 9.83. The molecule has 0 N–H and O–H groups in total. The summed E-state index contributed by atoms with van der Waals surface area (Å²) in [6.07, 6.45) is 3.60. The van der Waals surface area contributed by atoms with Gasteiger partial charge in [-0.3, -0.25) is 9.47 Å². The quantitative estimate of drug-likeness (QED) is 0.642. The van der Waals surface area contributed by atoms with E-state index in [1.54, 1.807) is 12.4 Å². The molecule has 148 valence electrons. The van der Waals surface area contributed by atoms with Gasteiger partial charge in [-0.15, -0.1) is 10.2 Å². The summed E-state index contributed by atoms with van der Waals surface area (Å²) in [5.74, 6) is 2.72. The van der Waals surface area contributed by atoms with Crippen LogP contribution in [0.5, 0.6) is 0 Å². The molecule has 0 unspecified atom stereocenters. The molecule has 9 heteroatoms. The van der Waals surface area contributed by atoms with Crippen molar-refractivity contribution in [2.75, 3.05) is 43.0 Å². The van der Waals surface area contributed by atoms with Crippen LogP contribution in [0.4, 0.5) is 11.9 Å². The van der Waals surface area contributed by atoms with Crippen molar-refractivity contribution in [2.45, 2.75) is 13.1 Å². The van der Waals surface area contributed by atoms with Gasteiger partial charge in [0.2, 0.25) is 11.9 Å². The zero-order valence-corrected chi connectivity index (χ0v) is 16.9. The molecule has 0 saturated carbocycles. The minimum Gasteiger partial charge on any atom is -0.339 e. The standard InChI is InChI=1S/C20H21ClN8/c1-26-8-14-7-15(21)3-4-16(14)29-17(9-26)24-25-19(29)28-12-20(13-28)10-27(11-20)18-22-5-2-6-23-18/h2-7H,8-13H2,1H3. The lowest BCUT2D eigenvalue weighted by atomic mass is 9.73. The van der Waals surface area contributed by atoms with Crippen LogP contribution in [0.15, 0.2) is 36.7 Å². The summed E-state index contributed by atoms with van der Waals surface area (Å²) in [6, 6.07) is 7.93. The Morgan fingerprint density at radius 2 is 1.72 bits per heavy atom. The van der Waals surface area contributed by atoms with Crippen LogP contribution in [0.2, 0.25) is 5.02 Å². The van der Waals surface area contributed by atoms with E-state index in [9.17, 15) is 0 Å². The molecular weight excluding hydrogens is 388 g/mol. The van der Waals surface area contributed by atoms with Crippen LogP contribution in [0.25, 0.3) is 5.69 Å². The predicted octanol–water partition coefficient (Wildman–Crippen LogP) is 1.98. The van der Waals surface area contributed by atoms with Crippen LogP contribution in [-0.2, 0) is 13.1 Å². The maximum absolute atomic E-state index is 6.26. The van der Waals surface area contributed by atoms with Crippen molar-refractivity contribution in [3.63, 3.8) is 0 Å². The Hall–Kier alpha value is -2.71. The Morgan fingerprint density at radius 3 is 2.52 bits per heavy atom. The monoisotopic (exact) mass is 408 g/mol. The molecule has 0 aliphatic carbocycles. The molecule has 8 nitrogen and oxygen atoms in total. The molecule has 1 aromatic carbocycles. The molecule has 0 amide bonds. The maximum atomic E-state index is 6.26. The molecule has 2 fully saturated rings. The number of halogens is 1. The van der Waals surface area contributed by atoms with E-state index in [1.165, 1.54) is 5.56 Å². The predicted molar refractivity (Wildman–Crippen MR) is 110 cm³/mol. The molecule has 0 atom stereocenters. The van der Waals surface area contributed by atoms with Crippen molar-refractivity contribution in [3.05, 3.63) is 53.1 Å². The van der Waals surface area contributed by atoms with Crippen LogP contribution in [0.3, 0.4) is 0 Å². The second kappa shape index (κ2) is 6.14. The highest BCUT2D eigenvalue weighted by molar-refractivity contribution is 6.30. The number of nitrogens with zero attached hydrogens (tertiary/aromatic N) is 8. The number of hydrogen-bond acceptors (Lipinski definition) is 7. The number of fused-ring (bicyclic) bond motifs is 3. The molecule has 0 bridgehead atoms. The van der Waals surface area contributed by atoms with E-state index in [4.69, 9.17) is 11.6 Å². The van der Waals surface area contributed by atoms with Crippen LogP contribution in [-0.4, -0.2) is 62.9 Å². The first-order valence-corrected chi connectivity index (χ1v) is 10.2. The second-order valence-corrected chi connectivity index (χ2v) is 8.89. The van der Waals surface area contributed by atoms with Gasteiger partial charge in [-0.1, -0.05) is 11.6 Å². The van der Waals surface area contributed by atoms with Gasteiger partial charge in [0.15, 0.2) is 5.82 Å². The van der Waals surface area contributed by atoms with Crippen LogP contribution < -0.4 is 9.80 Å². The van der Waals surface area contributed by atoms with E-state index in [0.29, 0.717) is 5.41 Å². The average Bonchev–Trinajstić information content (AvgIpc) is 2.97. The van der Waals surface area contributed by atoms with E-state index in [-0.39, 0.29) is 0 Å². The molecule has 3 aliphatic rings. The van der Waals surface area contributed by atoms with Crippen molar-refractivity contribution in [1.82, 2.24) is 29.6 Å². The summed E-state index contributed by atoms with van der Waals surface area (Å²) in [5.41, 5.74) is 2.63. The van der Waals surface area contributed by atoms with Crippen molar-refractivity contribution in [1.29, 1.82) is 0 Å². The summed E-state index contributed by atoms with van der Waals surface area (Å²) in [7, 11) is 2.10. The number of benzene rings is 1. The third kappa shape index (κ3) is 2.70. The first kappa shape index (κ1) is 17.2. The van der Waals surface area contributed by atoms with Gasteiger partial charge in [0.1, 0.15) is 0 Å². The summed E-state index contributed by atoms with van der Waals surface area (Å²) >= 11 is 6.26. The fraction of sp³-hybridized carbons (Fsp3) is 0.400. The summed E-state index contributed by atoms with van der Waals surface area (Å²) in [6.45, 7) is 5.54. The topological polar surface area (TPSA) is 66.2 Å². The van der Waals surface area contributed by atoms with E-state index in [2.05, 4.69) is 52.5 Å². The highest BCUT2D eigenvalue weighted by Crippen LogP contribution is 2.43. The average molecular weight is 409 g/mol. The molecule has 3 aromatic rings. The Morgan fingerprint density at radius 1 is 0.966 bits per heavy atom. The third-order valence-corrected chi connectivity index (χ3v) is 6.31. The Bertz CT molecular complexity index is 1070. The lowest BCUT2D eigenvalue weighted by Crippen LogP contribution is -2.73. The van der Waals surface area contributed by atoms with Crippen molar-refractivity contribution >= 4 is 23.5 Å². The minimum absolute atomic E-state index is 0.302. The van der Waals surface area contributed by atoms with E-state index >= 15 is 0 Å². The molecule has 29 heavy (non-hydrogen) atoms. The molecule has 1 spiro atoms. The fourth-order valence-corrected chi connectivity index (χ4v) is 5.01. The van der Waals surface area contributed by atoms with Gasteiger partial charge in [-0.25, -0.2) is 9.97 Å². The number of aromatic nitrogens is 5. The Labute approximate surface area is 173 Å². The van der Waals surface area contributed by atoms with Gasteiger partial charge < -0.3 is 9.80 Å². The number of hydrogen-bond donors (Lipinski definition) is 0. The minimum atomic E-state index is 0.302. The lowest BCUT2D eigenvalue weighted by molar-refractivity contribution is 0.152. The fourth-order valence-electron chi connectivity index (χ4n) is 4.81. The lowest BCUT2D eigenvalue weighted by Gasteiger charge is -2.60. The van der Waals surface area contributed by atoms with Gasteiger partial charge >= 0.3 is 0 Å². The van der Waals surface area contributed by atoms with Crippen molar-refractivity contribution in [3.8, 4) is 5.69 Å². The second-order valence-electron chi connectivity index (χ2n) is 8.46.